The molecule has 1 heterocycles. The predicted octanol–water partition coefficient (Wildman–Crippen LogP) is 5.57. The molecule has 124 valence electrons. The smallest absolute Gasteiger partial charge is 0.206 e. The van der Waals surface area contributed by atoms with E-state index in [0.717, 1.165) is 0 Å². The van der Waals surface area contributed by atoms with Gasteiger partial charge in [0.05, 0.1) is 6.10 Å². The van der Waals surface area contributed by atoms with E-state index < -0.39 is 8.32 Å². The first-order valence-corrected chi connectivity index (χ1v) is 10.5. The summed E-state index contributed by atoms with van der Waals surface area (Å²) in [7, 11) is -2.04. The largest absolute Gasteiger partial charge is 0.412 e. The molecule has 1 rings (SSSR count). The number of carbonyl (C=O) groups excluding carboxylic acids is 1. The average molecular weight is 313 g/mol. The zero-order chi connectivity index (χ0) is 16.8. The Hall–Kier alpha value is -0.153. The van der Waals surface area contributed by atoms with Crippen LogP contribution < -0.4 is 0 Å². The van der Waals surface area contributed by atoms with Crippen molar-refractivity contribution in [2.24, 2.45) is 11.8 Å². The molecular weight excluding hydrogens is 276 g/mol. The molecule has 2 nitrogen and oxygen atoms in total. The van der Waals surface area contributed by atoms with Gasteiger partial charge in [0.15, 0.2) is 0 Å². The molecule has 4 atom stereocenters. The van der Waals surface area contributed by atoms with Crippen LogP contribution in [0.3, 0.4) is 0 Å². The second kappa shape index (κ2) is 5.81. The normalized spacial score (nSPS) is 31.2. The van der Waals surface area contributed by atoms with Crippen LogP contribution in [0.25, 0.3) is 0 Å². The van der Waals surface area contributed by atoms with Crippen LogP contribution in [-0.4, -0.2) is 20.2 Å². The minimum atomic E-state index is -2.04. The Morgan fingerprint density at radius 1 is 1.10 bits per heavy atom. The van der Waals surface area contributed by atoms with Gasteiger partial charge in [0, 0.05) is 12.3 Å². The van der Waals surface area contributed by atoms with Gasteiger partial charge in [-0.15, -0.1) is 0 Å². The number of ketones is 1. The molecule has 1 aliphatic rings. The molecule has 0 amide bonds. The Morgan fingerprint density at radius 3 is 1.81 bits per heavy atom. The van der Waals surface area contributed by atoms with Gasteiger partial charge in [-0.2, -0.15) is 0 Å². The van der Waals surface area contributed by atoms with Crippen LogP contribution in [0.15, 0.2) is 0 Å². The van der Waals surface area contributed by atoms with Crippen molar-refractivity contribution in [1.82, 2.24) is 0 Å². The van der Waals surface area contributed by atoms with Crippen LogP contribution in [0, 0.1) is 11.8 Å². The fraction of sp³-hybridized carbons (Fsp3) is 0.944. The van der Waals surface area contributed by atoms with Gasteiger partial charge < -0.3 is 4.43 Å². The number of hydrogen-bond acceptors (Lipinski definition) is 2. The van der Waals surface area contributed by atoms with Crippen molar-refractivity contribution in [3.63, 3.8) is 0 Å². The molecule has 0 aliphatic carbocycles. The lowest BCUT2D eigenvalue weighted by Gasteiger charge is -2.51. The Bertz CT molecular complexity index is 375. The summed E-state index contributed by atoms with van der Waals surface area (Å²) >= 11 is 0. The molecule has 1 unspecified atom stereocenters. The van der Waals surface area contributed by atoms with Crippen molar-refractivity contribution in [3.8, 4) is 0 Å². The third-order valence-corrected chi connectivity index (χ3v) is 12.8. The number of carbonyl (C=O) groups is 1. The van der Waals surface area contributed by atoms with Crippen molar-refractivity contribution in [2.45, 2.75) is 97.4 Å². The summed E-state index contributed by atoms with van der Waals surface area (Å²) in [6.07, 6.45) is 0.708. The van der Waals surface area contributed by atoms with E-state index in [1.165, 1.54) is 0 Å². The lowest BCUT2D eigenvalue weighted by atomic mass is 9.88. The maximum atomic E-state index is 12.2. The van der Waals surface area contributed by atoms with Crippen LogP contribution in [0.2, 0.25) is 15.6 Å². The third kappa shape index (κ3) is 2.88. The molecule has 0 radical (unpaired) electrons. The van der Waals surface area contributed by atoms with E-state index in [0.29, 0.717) is 23.7 Å². The van der Waals surface area contributed by atoms with Gasteiger partial charge in [-0.1, -0.05) is 69.2 Å². The van der Waals surface area contributed by atoms with Crippen LogP contribution in [0.4, 0.5) is 0 Å². The summed E-state index contributed by atoms with van der Waals surface area (Å²) < 4.78 is 6.91. The van der Waals surface area contributed by atoms with Crippen LogP contribution in [-0.2, 0) is 9.22 Å². The number of Topliss-reactive ketones (excluding diaryl/α,β-unsaturated/α-hetero) is 1. The minimum Gasteiger partial charge on any atom is -0.412 e. The van der Waals surface area contributed by atoms with Crippen molar-refractivity contribution >= 4 is 14.1 Å². The molecule has 0 N–H and O–H groups in total. The predicted molar refractivity (Wildman–Crippen MR) is 93.1 cm³/mol. The summed E-state index contributed by atoms with van der Waals surface area (Å²) in [5, 5.41) is 0.339. The topological polar surface area (TPSA) is 26.3 Å². The van der Waals surface area contributed by atoms with E-state index in [-0.39, 0.29) is 22.1 Å². The van der Waals surface area contributed by atoms with E-state index in [1.54, 1.807) is 0 Å². The van der Waals surface area contributed by atoms with Gasteiger partial charge in [-0.3, -0.25) is 4.79 Å². The molecule has 1 fully saturated rings. The summed E-state index contributed by atoms with van der Waals surface area (Å²) in [5.74, 6) is 0.818. The summed E-state index contributed by atoms with van der Waals surface area (Å²) in [6.45, 7) is 22.7. The lowest BCUT2D eigenvalue weighted by Crippen LogP contribution is -2.55. The molecule has 0 bridgehead atoms. The zero-order valence-electron chi connectivity index (χ0n) is 15.8. The number of rotatable bonds is 3. The molecule has 1 aliphatic heterocycles. The Kier molecular flexibility index (Phi) is 5.22. The SMILES string of the molecule is CCC(=O)C(C)[C@@H]1O[Si](C(C)(C)C)(C(C)(C)C)[C@H](C)[C@H]1C. The molecule has 3 heteroatoms. The molecule has 0 aromatic rings. The quantitative estimate of drug-likeness (QED) is 0.637. The van der Waals surface area contributed by atoms with E-state index in [9.17, 15) is 4.79 Å². The van der Waals surface area contributed by atoms with Crippen LogP contribution in [0.1, 0.15) is 75.7 Å². The molecule has 0 saturated carbocycles. The Balaban J connectivity index is 3.30. The fourth-order valence-electron chi connectivity index (χ4n) is 4.99. The summed E-state index contributed by atoms with van der Waals surface area (Å²) in [5.41, 5.74) is 0.564. The third-order valence-electron chi connectivity index (χ3n) is 5.85. The minimum absolute atomic E-state index is 0.0199. The Labute approximate surface area is 133 Å². The molecular formula is C18H36O2Si. The van der Waals surface area contributed by atoms with Crippen molar-refractivity contribution < 1.29 is 9.22 Å². The maximum Gasteiger partial charge on any atom is 0.206 e. The Morgan fingerprint density at radius 2 is 1.52 bits per heavy atom. The molecule has 21 heavy (non-hydrogen) atoms. The van der Waals surface area contributed by atoms with Gasteiger partial charge >= 0.3 is 0 Å². The van der Waals surface area contributed by atoms with Crippen LogP contribution in [0.5, 0.6) is 0 Å². The average Bonchev–Trinajstić information content (AvgIpc) is 2.60. The second-order valence-corrected chi connectivity index (χ2v) is 14.7. The molecule has 1 saturated heterocycles. The first-order valence-electron chi connectivity index (χ1n) is 8.51. The second-order valence-electron chi connectivity index (χ2n) is 9.07. The van der Waals surface area contributed by atoms with Gasteiger partial charge in [0.25, 0.3) is 0 Å². The maximum absolute atomic E-state index is 12.2. The highest BCUT2D eigenvalue weighted by atomic mass is 28.4. The van der Waals surface area contributed by atoms with E-state index in [1.807, 2.05) is 6.92 Å². The summed E-state index contributed by atoms with van der Waals surface area (Å²) in [4.78, 5) is 12.2. The lowest BCUT2D eigenvalue weighted by molar-refractivity contribution is -0.125. The first-order chi connectivity index (χ1) is 9.31. The highest BCUT2D eigenvalue weighted by Crippen LogP contribution is 2.64. The van der Waals surface area contributed by atoms with Crippen LogP contribution >= 0.6 is 0 Å². The van der Waals surface area contributed by atoms with Gasteiger partial charge in [0.1, 0.15) is 5.78 Å². The van der Waals surface area contributed by atoms with Gasteiger partial charge in [-0.25, -0.2) is 0 Å². The molecule has 0 spiro atoms. The first kappa shape index (κ1) is 18.9. The van der Waals surface area contributed by atoms with Gasteiger partial charge in [-0.05, 0) is 21.5 Å². The fourth-order valence-corrected chi connectivity index (χ4v) is 12.7. The van der Waals surface area contributed by atoms with Gasteiger partial charge in [0.2, 0.25) is 8.32 Å². The zero-order valence-corrected chi connectivity index (χ0v) is 16.8. The molecule has 0 aromatic heterocycles. The highest BCUT2D eigenvalue weighted by Gasteiger charge is 2.65. The van der Waals surface area contributed by atoms with Crippen molar-refractivity contribution in [2.75, 3.05) is 0 Å². The highest BCUT2D eigenvalue weighted by molar-refractivity contribution is 6.81. The van der Waals surface area contributed by atoms with E-state index >= 15 is 0 Å². The van der Waals surface area contributed by atoms with E-state index in [4.69, 9.17) is 4.43 Å². The van der Waals surface area contributed by atoms with Crippen molar-refractivity contribution in [3.05, 3.63) is 0 Å². The number of hydrogen-bond donors (Lipinski definition) is 0. The summed E-state index contributed by atoms with van der Waals surface area (Å²) in [6, 6.07) is 0. The standard InChI is InChI=1S/C18H36O2Si/c1-11-15(19)13(3)16-12(2)14(4)21(20-16,17(5,6)7)18(8,9)10/h12-14,16H,11H2,1-10H3/t12-,13?,14-,16-/m1/s1. The molecule has 0 aromatic carbocycles. The van der Waals surface area contributed by atoms with E-state index in [2.05, 4.69) is 62.3 Å². The monoisotopic (exact) mass is 312 g/mol. The van der Waals surface area contributed by atoms with Crippen molar-refractivity contribution in [1.29, 1.82) is 0 Å².